The van der Waals surface area contributed by atoms with Gasteiger partial charge in [0.05, 0.1) is 25.0 Å². The van der Waals surface area contributed by atoms with Crippen LogP contribution in [0.4, 0.5) is 0 Å². The molecule has 2 saturated carbocycles. The second kappa shape index (κ2) is 9.48. The fraction of sp³-hybridized carbons (Fsp3) is 1.00. The fourth-order valence-electron chi connectivity index (χ4n) is 5.01. The maximum Gasteiger partial charge on any atom is 0.113 e. The number of methoxy groups -OCH3 is 1. The van der Waals surface area contributed by atoms with Gasteiger partial charge in [0.25, 0.3) is 0 Å². The van der Waals surface area contributed by atoms with E-state index in [0.29, 0.717) is 18.1 Å². The number of nitrogens with zero attached hydrogens (tertiary/aromatic N) is 1. The maximum absolute atomic E-state index is 6.44. The van der Waals surface area contributed by atoms with Gasteiger partial charge >= 0.3 is 0 Å². The van der Waals surface area contributed by atoms with Gasteiger partial charge in [-0.2, -0.15) is 0 Å². The lowest BCUT2D eigenvalue weighted by atomic mass is 9.90. The van der Waals surface area contributed by atoms with Crippen LogP contribution in [-0.4, -0.2) is 82.0 Å². The third-order valence-electron chi connectivity index (χ3n) is 6.86. The molecule has 2 saturated heterocycles. The lowest BCUT2D eigenvalue weighted by Gasteiger charge is -2.40. The summed E-state index contributed by atoms with van der Waals surface area (Å²) in [4.78, 5) is 2.67. The molecule has 5 unspecified atom stereocenters. The molecule has 4 fully saturated rings. The molecule has 156 valence electrons. The fourth-order valence-corrected chi connectivity index (χ4v) is 5.01. The molecular formula is C20H39N5O2. The number of hydrogen-bond donors (Lipinski definition) is 4. The van der Waals surface area contributed by atoms with Gasteiger partial charge in [-0.05, 0) is 64.5 Å². The van der Waals surface area contributed by atoms with Gasteiger partial charge in [0.15, 0.2) is 0 Å². The summed E-state index contributed by atoms with van der Waals surface area (Å²) in [6.07, 6.45) is 9.45. The van der Waals surface area contributed by atoms with Gasteiger partial charge < -0.3 is 19.7 Å². The summed E-state index contributed by atoms with van der Waals surface area (Å²) in [6.45, 7) is 4.43. The molecule has 4 rings (SSSR count). The van der Waals surface area contributed by atoms with E-state index in [2.05, 4.69) is 26.2 Å². The van der Waals surface area contributed by atoms with Gasteiger partial charge in [-0.1, -0.05) is 0 Å². The number of rotatable bonds is 8. The highest BCUT2D eigenvalue weighted by Gasteiger charge is 2.36. The molecular weight excluding hydrogens is 342 g/mol. The van der Waals surface area contributed by atoms with Crippen molar-refractivity contribution in [3.63, 3.8) is 0 Å². The molecule has 0 bridgehead atoms. The second-order valence-electron chi connectivity index (χ2n) is 8.89. The summed E-state index contributed by atoms with van der Waals surface area (Å²) < 4.78 is 12.2. The molecule has 6 atom stereocenters. The summed E-state index contributed by atoms with van der Waals surface area (Å²) in [5.74, 6) is 0.703. The molecule has 2 heterocycles. The van der Waals surface area contributed by atoms with Crippen LogP contribution in [0, 0.1) is 5.92 Å². The minimum Gasteiger partial charge on any atom is -0.379 e. The highest BCUT2D eigenvalue weighted by molar-refractivity contribution is 4.91. The van der Waals surface area contributed by atoms with E-state index in [0.717, 1.165) is 44.9 Å². The first-order chi connectivity index (χ1) is 13.2. The maximum atomic E-state index is 6.44. The highest BCUT2D eigenvalue weighted by Crippen LogP contribution is 2.32. The van der Waals surface area contributed by atoms with E-state index in [1.165, 1.54) is 32.4 Å². The van der Waals surface area contributed by atoms with E-state index in [1.54, 1.807) is 0 Å². The van der Waals surface area contributed by atoms with Crippen LogP contribution in [0.25, 0.3) is 0 Å². The number of likely N-dealkylation sites (tertiary alicyclic amines) is 1. The van der Waals surface area contributed by atoms with E-state index in [9.17, 15) is 0 Å². The third kappa shape index (κ3) is 5.41. The number of hydrogen-bond acceptors (Lipinski definition) is 7. The van der Waals surface area contributed by atoms with Crippen molar-refractivity contribution in [2.45, 2.75) is 81.7 Å². The Bertz CT molecular complexity index is 464. The Hall–Kier alpha value is -0.280. The molecule has 27 heavy (non-hydrogen) atoms. The molecule has 7 nitrogen and oxygen atoms in total. The van der Waals surface area contributed by atoms with Gasteiger partial charge in [-0.15, -0.1) is 0 Å². The Kier molecular flexibility index (Phi) is 7.03. The first-order valence-corrected chi connectivity index (χ1v) is 11.1. The van der Waals surface area contributed by atoms with Crippen molar-refractivity contribution in [3.8, 4) is 0 Å². The smallest absolute Gasteiger partial charge is 0.113 e. The summed E-state index contributed by atoms with van der Waals surface area (Å²) in [6, 6.07) is 1.36. The largest absolute Gasteiger partial charge is 0.379 e. The SMILES string of the molecule is CNC1CCNC(NC2CCC(OC)C(OC[C@@H]3CCN(C4CC4)C3)C2)N1. The zero-order valence-electron chi connectivity index (χ0n) is 17.1. The van der Waals surface area contributed by atoms with Gasteiger partial charge in [0.2, 0.25) is 0 Å². The minimum absolute atomic E-state index is 0.169. The van der Waals surface area contributed by atoms with Crippen molar-refractivity contribution >= 4 is 0 Å². The molecule has 0 aromatic rings. The quantitative estimate of drug-likeness (QED) is 0.486. The van der Waals surface area contributed by atoms with Crippen LogP contribution in [-0.2, 0) is 9.47 Å². The minimum atomic E-state index is 0.169. The number of nitrogens with one attached hydrogen (secondary N) is 4. The van der Waals surface area contributed by atoms with Gasteiger partial charge in [0.1, 0.15) is 6.29 Å². The van der Waals surface area contributed by atoms with E-state index in [1.807, 2.05) is 14.2 Å². The van der Waals surface area contributed by atoms with Crippen LogP contribution in [0.1, 0.15) is 44.9 Å². The third-order valence-corrected chi connectivity index (χ3v) is 6.86. The standard InChI is InChI=1S/C20H39N5O2/c1-21-19-7-9-22-20(24-19)23-15-3-6-17(26-2)18(11-15)27-13-14-8-10-25(12-14)16-4-5-16/h14-24H,3-13H2,1-2H3/t14-,15?,17?,18?,19?,20?/m1/s1. The van der Waals surface area contributed by atoms with Gasteiger partial charge in [-0.3, -0.25) is 16.0 Å². The Morgan fingerprint density at radius 3 is 2.74 bits per heavy atom. The van der Waals surface area contributed by atoms with Crippen LogP contribution >= 0.6 is 0 Å². The summed E-state index contributed by atoms with van der Waals surface area (Å²) in [7, 11) is 3.85. The van der Waals surface area contributed by atoms with Crippen LogP contribution < -0.4 is 21.3 Å². The van der Waals surface area contributed by atoms with Crippen LogP contribution in [0.5, 0.6) is 0 Å². The molecule has 2 aliphatic heterocycles. The Morgan fingerprint density at radius 2 is 1.96 bits per heavy atom. The molecule has 0 aromatic carbocycles. The molecule has 4 aliphatic rings. The topological polar surface area (TPSA) is 69.8 Å². The molecule has 2 aliphatic carbocycles. The van der Waals surface area contributed by atoms with Crippen LogP contribution in [0.3, 0.4) is 0 Å². The van der Waals surface area contributed by atoms with E-state index in [-0.39, 0.29) is 18.5 Å². The van der Waals surface area contributed by atoms with Crippen molar-refractivity contribution < 1.29 is 9.47 Å². The van der Waals surface area contributed by atoms with Crippen molar-refractivity contribution in [1.29, 1.82) is 0 Å². The molecule has 0 radical (unpaired) electrons. The average Bonchev–Trinajstić information content (AvgIpc) is 3.45. The Morgan fingerprint density at radius 1 is 1.07 bits per heavy atom. The molecule has 0 aromatic heterocycles. The predicted octanol–water partition coefficient (Wildman–Crippen LogP) is 0.425. The molecule has 4 N–H and O–H groups in total. The molecule has 7 heteroatoms. The van der Waals surface area contributed by atoms with E-state index < -0.39 is 0 Å². The number of ether oxygens (including phenoxy) is 2. The first kappa shape index (κ1) is 20.0. The molecule has 0 amide bonds. The van der Waals surface area contributed by atoms with Gasteiger partial charge in [0, 0.05) is 32.3 Å². The predicted molar refractivity (Wildman–Crippen MR) is 106 cm³/mol. The highest BCUT2D eigenvalue weighted by atomic mass is 16.5. The summed E-state index contributed by atoms with van der Waals surface area (Å²) >= 11 is 0. The van der Waals surface area contributed by atoms with Crippen LogP contribution in [0.15, 0.2) is 0 Å². The van der Waals surface area contributed by atoms with Crippen molar-refractivity contribution in [1.82, 2.24) is 26.2 Å². The van der Waals surface area contributed by atoms with E-state index >= 15 is 0 Å². The first-order valence-electron chi connectivity index (χ1n) is 11.1. The zero-order valence-corrected chi connectivity index (χ0v) is 17.1. The summed E-state index contributed by atoms with van der Waals surface area (Å²) in [5.41, 5.74) is 0. The zero-order chi connectivity index (χ0) is 18.6. The lowest BCUT2D eigenvalue weighted by molar-refractivity contribution is -0.0914. The molecule has 0 spiro atoms. The Labute approximate surface area is 164 Å². The normalized spacial score (nSPS) is 41.1. The Balaban J connectivity index is 1.23. The van der Waals surface area contributed by atoms with Gasteiger partial charge in [-0.25, -0.2) is 0 Å². The second-order valence-corrected chi connectivity index (χ2v) is 8.89. The van der Waals surface area contributed by atoms with Crippen molar-refractivity contribution in [2.24, 2.45) is 5.92 Å². The lowest BCUT2D eigenvalue weighted by Crippen LogP contribution is -2.66. The summed E-state index contributed by atoms with van der Waals surface area (Å²) in [5, 5.41) is 14.2. The van der Waals surface area contributed by atoms with Crippen molar-refractivity contribution in [2.75, 3.05) is 40.4 Å². The van der Waals surface area contributed by atoms with Crippen molar-refractivity contribution in [3.05, 3.63) is 0 Å². The average molecular weight is 382 g/mol. The monoisotopic (exact) mass is 381 g/mol. The van der Waals surface area contributed by atoms with E-state index in [4.69, 9.17) is 9.47 Å². The van der Waals surface area contributed by atoms with Crippen LogP contribution in [0.2, 0.25) is 0 Å².